The van der Waals surface area contributed by atoms with Crippen LogP contribution in [0.1, 0.15) is 24.2 Å². The Hall–Kier alpha value is -2.64. The van der Waals surface area contributed by atoms with Gasteiger partial charge in [0.05, 0.1) is 11.3 Å². The minimum absolute atomic E-state index is 0.322. The van der Waals surface area contributed by atoms with Crippen molar-refractivity contribution in [2.24, 2.45) is 11.7 Å². The van der Waals surface area contributed by atoms with E-state index >= 15 is 0 Å². The Labute approximate surface area is 120 Å². The highest BCUT2D eigenvalue weighted by Crippen LogP contribution is 2.20. The van der Waals surface area contributed by atoms with Gasteiger partial charge in [0.1, 0.15) is 11.9 Å². The number of para-hydroxylation sites is 1. The molecule has 0 fully saturated rings. The minimum Gasteiger partial charge on any atom is -0.478 e. The lowest BCUT2D eigenvalue weighted by molar-refractivity contribution is -0.118. The number of hydrogen-bond donors (Lipinski definition) is 4. The molecule has 1 rings (SSSR count). The average Bonchev–Trinajstić information content (AvgIpc) is 2.37. The van der Waals surface area contributed by atoms with E-state index < -0.39 is 35.5 Å². The van der Waals surface area contributed by atoms with Crippen molar-refractivity contribution >= 4 is 23.6 Å². The molecule has 0 bridgehead atoms. The molecule has 1 unspecified atom stereocenters. The molecular weight excluding hydrogens is 281 g/mol. The summed E-state index contributed by atoms with van der Waals surface area (Å²) < 4.78 is 13.7. The molecule has 0 heterocycles. The van der Waals surface area contributed by atoms with Crippen LogP contribution in [0.2, 0.25) is 0 Å². The molecule has 21 heavy (non-hydrogen) atoms. The SMILES string of the molecule is CC(C)C(NC(N)=O)C(=O)Nc1c(F)cccc1C(=O)O. The molecule has 3 amide bonds. The predicted molar refractivity (Wildman–Crippen MR) is 73.3 cm³/mol. The largest absolute Gasteiger partial charge is 0.478 e. The number of carbonyl (C=O) groups is 3. The summed E-state index contributed by atoms with van der Waals surface area (Å²) in [4.78, 5) is 34.0. The third-order valence-corrected chi connectivity index (χ3v) is 2.74. The summed E-state index contributed by atoms with van der Waals surface area (Å²) in [6.07, 6.45) is 0. The summed E-state index contributed by atoms with van der Waals surface area (Å²) >= 11 is 0. The summed E-state index contributed by atoms with van der Waals surface area (Å²) in [5, 5.41) is 13.4. The van der Waals surface area contributed by atoms with Gasteiger partial charge in [-0.2, -0.15) is 0 Å². The lowest BCUT2D eigenvalue weighted by Crippen LogP contribution is -2.49. The number of nitrogens with two attached hydrogens (primary N) is 1. The molecule has 1 aromatic rings. The van der Waals surface area contributed by atoms with Gasteiger partial charge in [-0.1, -0.05) is 19.9 Å². The number of halogens is 1. The third-order valence-electron chi connectivity index (χ3n) is 2.74. The normalized spacial score (nSPS) is 11.8. The second kappa shape index (κ2) is 6.69. The van der Waals surface area contributed by atoms with Crippen LogP contribution >= 0.6 is 0 Å². The highest BCUT2D eigenvalue weighted by molar-refractivity contribution is 6.03. The molecule has 0 aliphatic rings. The fourth-order valence-electron chi connectivity index (χ4n) is 1.72. The zero-order chi connectivity index (χ0) is 16.2. The van der Waals surface area contributed by atoms with Gasteiger partial charge in [-0.3, -0.25) is 4.79 Å². The predicted octanol–water partition coefficient (Wildman–Crippen LogP) is 1.16. The zero-order valence-corrected chi connectivity index (χ0v) is 11.5. The quantitative estimate of drug-likeness (QED) is 0.651. The number of anilines is 1. The lowest BCUT2D eigenvalue weighted by Gasteiger charge is -2.21. The van der Waals surface area contributed by atoms with E-state index in [-0.39, 0.29) is 11.5 Å². The van der Waals surface area contributed by atoms with E-state index in [0.29, 0.717) is 0 Å². The number of primary amides is 1. The first-order valence-corrected chi connectivity index (χ1v) is 6.12. The number of amides is 3. The molecule has 0 saturated carbocycles. The number of hydrogen-bond acceptors (Lipinski definition) is 3. The van der Waals surface area contributed by atoms with Gasteiger partial charge in [-0.25, -0.2) is 14.0 Å². The number of carboxylic acids is 1. The Morgan fingerprint density at radius 2 is 1.90 bits per heavy atom. The van der Waals surface area contributed by atoms with E-state index in [1.165, 1.54) is 6.07 Å². The molecule has 0 spiro atoms. The first kappa shape index (κ1) is 16.4. The van der Waals surface area contributed by atoms with Gasteiger partial charge in [0.25, 0.3) is 0 Å². The molecule has 0 aliphatic heterocycles. The smallest absolute Gasteiger partial charge is 0.337 e. The minimum atomic E-state index is -1.38. The molecule has 0 radical (unpaired) electrons. The molecule has 1 atom stereocenters. The van der Waals surface area contributed by atoms with Crippen molar-refractivity contribution < 1.29 is 23.9 Å². The molecule has 114 valence electrons. The Bertz CT molecular complexity index is 575. The highest BCUT2D eigenvalue weighted by Gasteiger charge is 2.26. The van der Waals surface area contributed by atoms with Gasteiger partial charge in [-0.05, 0) is 18.1 Å². The first-order chi connectivity index (χ1) is 9.73. The topological polar surface area (TPSA) is 122 Å². The first-order valence-electron chi connectivity index (χ1n) is 6.12. The van der Waals surface area contributed by atoms with Crippen LogP contribution in [-0.4, -0.2) is 29.1 Å². The van der Waals surface area contributed by atoms with Crippen molar-refractivity contribution in [3.8, 4) is 0 Å². The van der Waals surface area contributed by atoms with Crippen molar-refractivity contribution in [1.82, 2.24) is 5.32 Å². The molecular formula is C13H16FN3O4. The van der Waals surface area contributed by atoms with Crippen molar-refractivity contribution in [3.05, 3.63) is 29.6 Å². The Morgan fingerprint density at radius 3 is 2.38 bits per heavy atom. The van der Waals surface area contributed by atoms with Gasteiger partial charge >= 0.3 is 12.0 Å². The number of aromatic carboxylic acids is 1. The fraction of sp³-hybridized carbons (Fsp3) is 0.308. The zero-order valence-electron chi connectivity index (χ0n) is 11.5. The highest BCUT2D eigenvalue weighted by atomic mass is 19.1. The van der Waals surface area contributed by atoms with Crippen LogP contribution in [0.5, 0.6) is 0 Å². The van der Waals surface area contributed by atoms with Crippen LogP contribution in [0.25, 0.3) is 0 Å². The van der Waals surface area contributed by atoms with Crippen molar-refractivity contribution in [3.63, 3.8) is 0 Å². The standard InChI is InChI=1S/C13H16FN3O4/c1-6(2)9(17-13(15)21)11(18)16-10-7(12(19)20)4-3-5-8(10)14/h3-6,9H,1-2H3,(H,16,18)(H,19,20)(H3,15,17,21). The summed E-state index contributed by atoms with van der Waals surface area (Å²) in [6.45, 7) is 3.30. The third kappa shape index (κ3) is 4.16. The number of rotatable bonds is 5. The van der Waals surface area contributed by atoms with E-state index in [9.17, 15) is 18.8 Å². The van der Waals surface area contributed by atoms with E-state index in [0.717, 1.165) is 12.1 Å². The molecule has 0 saturated heterocycles. The van der Waals surface area contributed by atoms with Gasteiger partial charge in [0.2, 0.25) is 5.91 Å². The Balaban J connectivity index is 3.07. The van der Waals surface area contributed by atoms with Gasteiger partial charge in [0.15, 0.2) is 0 Å². The van der Waals surface area contributed by atoms with Crippen molar-refractivity contribution in [2.75, 3.05) is 5.32 Å². The average molecular weight is 297 g/mol. The maximum atomic E-state index is 13.7. The molecule has 1 aromatic carbocycles. The van der Waals surface area contributed by atoms with Crippen LogP contribution in [0.15, 0.2) is 18.2 Å². The molecule has 8 heteroatoms. The number of urea groups is 1. The van der Waals surface area contributed by atoms with E-state index in [2.05, 4.69) is 10.6 Å². The lowest BCUT2D eigenvalue weighted by atomic mass is 10.0. The second-order valence-electron chi connectivity index (χ2n) is 4.69. The molecule has 5 N–H and O–H groups in total. The molecule has 7 nitrogen and oxygen atoms in total. The van der Waals surface area contributed by atoms with Gasteiger partial charge in [-0.15, -0.1) is 0 Å². The van der Waals surface area contributed by atoms with Crippen molar-refractivity contribution in [1.29, 1.82) is 0 Å². The van der Waals surface area contributed by atoms with Crippen molar-refractivity contribution in [2.45, 2.75) is 19.9 Å². The summed E-state index contributed by atoms with van der Waals surface area (Å²) in [7, 11) is 0. The van der Waals surface area contributed by atoms with E-state index in [1.807, 2.05) is 0 Å². The Morgan fingerprint density at radius 1 is 1.29 bits per heavy atom. The van der Waals surface area contributed by atoms with Crippen LogP contribution in [0.3, 0.4) is 0 Å². The van der Waals surface area contributed by atoms with Gasteiger partial charge in [0, 0.05) is 0 Å². The van der Waals surface area contributed by atoms with Crippen LogP contribution in [-0.2, 0) is 4.79 Å². The second-order valence-corrected chi connectivity index (χ2v) is 4.69. The van der Waals surface area contributed by atoms with E-state index in [4.69, 9.17) is 10.8 Å². The number of benzene rings is 1. The molecule has 0 aliphatic carbocycles. The fourth-order valence-corrected chi connectivity index (χ4v) is 1.72. The van der Waals surface area contributed by atoms with Crippen LogP contribution in [0.4, 0.5) is 14.9 Å². The summed E-state index contributed by atoms with van der Waals surface area (Å²) in [5.74, 6) is -3.34. The number of carboxylic acid groups (broad SMARTS) is 1. The number of carbonyl (C=O) groups excluding carboxylic acids is 2. The summed E-state index contributed by atoms with van der Waals surface area (Å²) in [6, 6.07) is 1.48. The number of nitrogens with one attached hydrogen (secondary N) is 2. The Kier molecular flexibility index (Phi) is 5.23. The van der Waals surface area contributed by atoms with E-state index in [1.54, 1.807) is 13.8 Å². The van der Waals surface area contributed by atoms with Gasteiger partial charge < -0.3 is 21.5 Å². The van der Waals surface area contributed by atoms with Crippen LogP contribution in [0, 0.1) is 11.7 Å². The molecule has 0 aromatic heterocycles. The maximum absolute atomic E-state index is 13.7. The maximum Gasteiger partial charge on any atom is 0.337 e. The monoisotopic (exact) mass is 297 g/mol. The summed E-state index contributed by atoms with van der Waals surface area (Å²) in [5.41, 5.74) is 4.14. The van der Waals surface area contributed by atoms with Crippen LogP contribution < -0.4 is 16.4 Å².